The van der Waals surface area contributed by atoms with Crippen LogP contribution in [0.5, 0.6) is 0 Å². The van der Waals surface area contributed by atoms with Gasteiger partial charge in [-0.2, -0.15) is 0 Å². The third kappa shape index (κ3) is 5.66. The minimum absolute atomic E-state index is 0.778. The summed E-state index contributed by atoms with van der Waals surface area (Å²) in [5, 5.41) is 0. The highest BCUT2D eigenvalue weighted by Crippen LogP contribution is 1.85. The van der Waals surface area contributed by atoms with E-state index in [0.717, 1.165) is 13.0 Å². The van der Waals surface area contributed by atoms with Crippen LogP contribution in [0.2, 0.25) is 0 Å². The fourth-order valence-corrected chi connectivity index (χ4v) is 0.436. The standard InChI is InChI=1S/C6H14N2/c1-2-3-4-5-6-8-7/h4-5,8H,2-3,6-7H2,1H3. The number of hydrogen-bond acceptors (Lipinski definition) is 2. The Labute approximate surface area is 50.7 Å². The third-order valence-corrected chi connectivity index (χ3v) is 0.858. The van der Waals surface area contributed by atoms with Gasteiger partial charge in [0.25, 0.3) is 0 Å². The molecule has 0 aromatic rings. The predicted octanol–water partition coefficient (Wildman–Crippen LogP) is 0.806. The average molecular weight is 114 g/mol. The molecule has 0 saturated heterocycles. The van der Waals surface area contributed by atoms with Crippen molar-refractivity contribution in [3.05, 3.63) is 12.2 Å². The van der Waals surface area contributed by atoms with Crippen LogP contribution in [0.3, 0.4) is 0 Å². The van der Waals surface area contributed by atoms with Crippen molar-refractivity contribution in [1.82, 2.24) is 5.43 Å². The Kier molecular flexibility index (Phi) is 6.38. The molecule has 0 saturated carbocycles. The predicted molar refractivity (Wildman–Crippen MR) is 36.2 cm³/mol. The van der Waals surface area contributed by atoms with Crippen molar-refractivity contribution in [2.75, 3.05) is 6.54 Å². The van der Waals surface area contributed by atoms with Crippen molar-refractivity contribution in [1.29, 1.82) is 0 Å². The van der Waals surface area contributed by atoms with Crippen LogP contribution in [0.15, 0.2) is 12.2 Å². The van der Waals surface area contributed by atoms with Crippen LogP contribution in [0.25, 0.3) is 0 Å². The maximum Gasteiger partial charge on any atom is 0.0278 e. The van der Waals surface area contributed by atoms with E-state index in [1.165, 1.54) is 6.42 Å². The van der Waals surface area contributed by atoms with E-state index in [0.29, 0.717) is 0 Å². The minimum Gasteiger partial charge on any atom is -0.271 e. The molecule has 0 fully saturated rings. The fourth-order valence-electron chi connectivity index (χ4n) is 0.436. The summed E-state index contributed by atoms with van der Waals surface area (Å²) in [7, 11) is 0. The van der Waals surface area contributed by atoms with E-state index in [9.17, 15) is 0 Å². The van der Waals surface area contributed by atoms with Crippen LogP contribution in [0, 0.1) is 0 Å². The van der Waals surface area contributed by atoms with Crippen LogP contribution in [-0.2, 0) is 0 Å². The molecule has 3 N–H and O–H groups in total. The molecular weight excluding hydrogens is 100 g/mol. The summed E-state index contributed by atoms with van der Waals surface area (Å²) in [5.41, 5.74) is 2.54. The minimum atomic E-state index is 0.778. The topological polar surface area (TPSA) is 38.0 Å². The molecule has 0 unspecified atom stereocenters. The van der Waals surface area contributed by atoms with Gasteiger partial charge < -0.3 is 0 Å². The van der Waals surface area contributed by atoms with Crippen LogP contribution in [0.4, 0.5) is 0 Å². The quantitative estimate of drug-likeness (QED) is 0.322. The SMILES string of the molecule is CCCC=CCNN. The summed E-state index contributed by atoms with van der Waals surface area (Å²) in [6.07, 6.45) is 6.52. The van der Waals surface area contributed by atoms with Gasteiger partial charge in [-0.1, -0.05) is 25.5 Å². The molecule has 0 rings (SSSR count). The monoisotopic (exact) mass is 114 g/mol. The maximum atomic E-state index is 5.01. The van der Waals surface area contributed by atoms with Gasteiger partial charge in [0.05, 0.1) is 0 Å². The second kappa shape index (κ2) is 6.66. The molecule has 0 aliphatic rings. The lowest BCUT2D eigenvalue weighted by Crippen LogP contribution is -2.21. The first-order chi connectivity index (χ1) is 3.91. The van der Waals surface area contributed by atoms with E-state index in [4.69, 9.17) is 5.84 Å². The molecule has 0 bridgehead atoms. The van der Waals surface area contributed by atoms with Gasteiger partial charge in [0.15, 0.2) is 0 Å². The number of hydrazine groups is 1. The van der Waals surface area contributed by atoms with Crippen molar-refractivity contribution < 1.29 is 0 Å². The first-order valence-electron chi connectivity index (χ1n) is 3.00. The molecule has 0 aromatic heterocycles. The molecule has 48 valence electrons. The van der Waals surface area contributed by atoms with E-state index in [2.05, 4.69) is 18.4 Å². The molecule has 0 radical (unpaired) electrons. The fraction of sp³-hybridized carbons (Fsp3) is 0.667. The van der Waals surface area contributed by atoms with E-state index in [1.807, 2.05) is 6.08 Å². The lowest BCUT2D eigenvalue weighted by Gasteiger charge is -1.86. The highest BCUT2D eigenvalue weighted by molar-refractivity contribution is 4.81. The average Bonchev–Trinajstić information content (AvgIpc) is 1.81. The lowest BCUT2D eigenvalue weighted by molar-refractivity contribution is 0.818. The molecule has 0 aliphatic heterocycles. The van der Waals surface area contributed by atoms with Crippen molar-refractivity contribution >= 4 is 0 Å². The van der Waals surface area contributed by atoms with Crippen LogP contribution in [-0.4, -0.2) is 6.54 Å². The first kappa shape index (κ1) is 7.66. The molecular formula is C6H14N2. The Morgan fingerprint density at radius 2 is 2.25 bits per heavy atom. The van der Waals surface area contributed by atoms with Crippen molar-refractivity contribution in [3.8, 4) is 0 Å². The maximum absolute atomic E-state index is 5.01. The van der Waals surface area contributed by atoms with Gasteiger partial charge in [0.1, 0.15) is 0 Å². The van der Waals surface area contributed by atoms with Gasteiger partial charge >= 0.3 is 0 Å². The summed E-state index contributed by atoms with van der Waals surface area (Å²) in [5.74, 6) is 5.01. The molecule has 8 heavy (non-hydrogen) atoms. The van der Waals surface area contributed by atoms with Crippen LogP contribution < -0.4 is 11.3 Å². The Hall–Kier alpha value is -0.340. The number of nitrogens with one attached hydrogen (secondary N) is 1. The van der Waals surface area contributed by atoms with E-state index in [-0.39, 0.29) is 0 Å². The number of rotatable bonds is 4. The van der Waals surface area contributed by atoms with Gasteiger partial charge in [-0.15, -0.1) is 0 Å². The third-order valence-electron chi connectivity index (χ3n) is 0.858. The zero-order valence-electron chi connectivity index (χ0n) is 5.35. The molecule has 0 heterocycles. The normalized spacial score (nSPS) is 10.8. The van der Waals surface area contributed by atoms with Gasteiger partial charge in [0.2, 0.25) is 0 Å². The summed E-state index contributed by atoms with van der Waals surface area (Å²) in [4.78, 5) is 0. The molecule has 0 aromatic carbocycles. The van der Waals surface area contributed by atoms with E-state index >= 15 is 0 Å². The summed E-state index contributed by atoms with van der Waals surface area (Å²) in [6, 6.07) is 0. The molecule has 0 atom stereocenters. The number of hydrogen-bond donors (Lipinski definition) is 2. The summed E-state index contributed by atoms with van der Waals surface area (Å²) >= 11 is 0. The summed E-state index contributed by atoms with van der Waals surface area (Å²) < 4.78 is 0. The van der Waals surface area contributed by atoms with Crippen molar-refractivity contribution in [2.45, 2.75) is 19.8 Å². The van der Waals surface area contributed by atoms with E-state index < -0.39 is 0 Å². The first-order valence-corrected chi connectivity index (χ1v) is 3.00. The van der Waals surface area contributed by atoms with Gasteiger partial charge in [-0.3, -0.25) is 11.3 Å². The zero-order valence-corrected chi connectivity index (χ0v) is 5.35. The van der Waals surface area contributed by atoms with Crippen LogP contribution >= 0.6 is 0 Å². The number of unbranched alkanes of at least 4 members (excludes halogenated alkanes) is 1. The Balaban J connectivity index is 2.83. The lowest BCUT2D eigenvalue weighted by atomic mass is 10.3. The van der Waals surface area contributed by atoms with Gasteiger partial charge in [-0.05, 0) is 6.42 Å². The zero-order chi connectivity index (χ0) is 6.24. The Bertz CT molecular complexity index is 51.5. The van der Waals surface area contributed by atoms with Crippen molar-refractivity contribution in [2.24, 2.45) is 5.84 Å². The Morgan fingerprint density at radius 1 is 1.50 bits per heavy atom. The summed E-state index contributed by atoms with van der Waals surface area (Å²) in [6.45, 7) is 2.93. The molecule has 0 amide bonds. The molecule has 2 heteroatoms. The van der Waals surface area contributed by atoms with Gasteiger partial charge in [0, 0.05) is 6.54 Å². The number of allylic oxidation sites excluding steroid dienone is 1. The second-order valence-electron chi connectivity index (χ2n) is 1.67. The smallest absolute Gasteiger partial charge is 0.0278 e. The van der Waals surface area contributed by atoms with Gasteiger partial charge in [-0.25, -0.2) is 0 Å². The van der Waals surface area contributed by atoms with E-state index in [1.54, 1.807) is 0 Å². The molecule has 2 nitrogen and oxygen atoms in total. The Morgan fingerprint density at radius 3 is 2.75 bits per heavy atom. The number of nitrogens with two attached hydrogens (primary N) is 1. The second-order valence-corrected chi connectivity index (χ2v) is 1.67. The van der Waals surface area contributed by atoms with Crippen molar-refractivity contribution in [3.63, 3.8) is 0 Å². The highest BCUT2D eigenvalue weighted by Gasteiger charge is 1.70. The van der Waals surface area contributed by atoms with Crippen LogP contribution in [0.1, 0.15) is 19.8 Å². The molecule has 0 aliphatic carbocycles. The largest absolute Gasteiger partial charge is 0.271 e. The molecule has 0 spiro atoms. The highest BCUT2D eigenvalue weighted by atomic mass is 15.2.